The maximum absolute atomic E-state index is 2.48. The first-order chi connectivity index (χ1) is 34.0. The molecule has 1 aliphatic rings. The van der Waals surface area contributed by atoms with Crippen molar-refractivity contribution in [3.8, 4) is 66.8 Å². The smallest absolute Gasteiger partial charge is 0.0159 e. The Morgan fingerprint density at radius 2 is 0.507 bits per heavy atom. The molecule has 0 atom stereocenters. The van der Waals surface area contributed by atoms with E-state index in [1.165, 1.54) is 143 Å². The molecule has 13 aromatic carbocycles. The van der Waals surface area contributed by atoms with Gasteiger partial charge in [-0.2, -0.15) is 0 Å². The van der Waals surface area contributed by atoms with Crippen LogP contribution in [0.2, 0.25) is 0 Å². The molecular weight excluding hydrogens is 829 g/mol. The molecule has 0 spiro atoms. The highest BCUT2D eigenvalue weighted by Gasteiger charge is 2.35. The Kier molecular flexibility index (Phi) is 8.73. The zero-order valence-corrected chi connectivity index (χ0v) is 38.6. The number of hydrogen-bond acceptors (Lipinski definition) is 0. The molecule has 0 heterocycles. The van der Waals surface area contributed by atoms with Gasteiger partial charge in [0, 0.05) is 5.41 Å². The Bertz CT molecular complexity index is 4150. The number of rotatable bonds is 5. The van der Waals surface area contributed by atoms with Gasteiger partial charge in [-0.05, 0) is 149 Å². The number of fused-ring (bicyclic) bond motifs is 9. The lowest BCUT2D eigenvalue weighted by Crippen LogP contribution is -2.14. The summed E-state index contributed by atoms with van der Waals surface area (Å²) >= 11 is 0. The van der Waals surface area contributed by atoms with Crippen LogP contribution in [0.1, 0.15) is 25.0 Å². The molecule has 0 radical (unpaired) electrons. The first kappa shape index (κ1) is 39.6. The molecule has 0 aromatic heterocycles. The van der Waals surface area contributed by atoms with E-state index in [1.807, 2.05) is 0 Å². The molecule has 0 aliphatic heterocycles. The monoisotopic (exact) mass is 874 g/mol. The lowest BCUT2D eigenvalue weighted by molar-refractivity contribution is 0.660. The van der Waals surface area contributed by atoms with Gasteiger partial charge >= 0.3 is 0 Å². The van der Waals surface area contributed by atoms with Gasteiger partial charge in [0.05, 0.1) is 0 Å². The van der Waals surface area contributed by atoms with Crippen LogP contribution >= 0.6 is 0 Å². The van der Waals surface area contributed by atoms with E-state index in [9.17, 15) is 0 Å². The lowest BCUT2D eigenvalue weighted by atomic mass is 9.80. The second-order valence-corrected chi connectivity index (χ2v) is 19.4. The fourth-order valence-corrected chi connectivity index (χ4v) is 12.4. The fourth-order valence-electron chi connectivity index (χ4n) is 12.4. The Morgan fingerprint density at radius 1 is 0.203 bits per heavy atom. The third kappa shape index (κ3) is 5.82. The molecule has 0 fully saturated rings. The van der Waals surface area contributed by atoms with Gasteiger partial charge in [0.15, 0.2) is 0 Å². The summed E-state index contributed by atoms with van der Waals surface area (Å²) < 4.78 is 0. The predicted octanol–water partition coefficient (Wildman–Crippen LogP) is 19.2. The van der Waals surface area contributed by atoms with Gasteiger partial charge in [-0.1, -0.05) is 250 Å². The summed E-state index contributed by atoms with van der Waals surface area (Å²) in [5.74, 6) is 0. The van der Waals surface area contributed by atoms with Crippen LogP contribution in [-0.4, -0.2) is 0 Å². The highest BCUT2D eigenvalue weighted by molar-refractivity contribution is 6.26. The van der Waals surface area contributed by atoms with Crippen molar-refractivity contribution >= 4 is 64.6 Å². The van der Waals surface area contributed by atoms with E-state index in [2.05, 4.69) is 257 Å². The van der Waals surface area contributed by atoms with Crippen LogP contribution in [0.3, 0.4) is 0 Å². The summed E-state index contributed by atoms with van der Waals surface area (Å²) in [6.07, 6.45) is 0. The summed E-state index contributed by atoms with van der Waals surface area (Å²) in [6, 6.07) is 90.7. The zero-order chi connectivity index (χ0) is 45.8. The van der Waals surface area contributed by atoms with Crippen molar-refractivity contribution in [2.24, 2.45) is 0 Å². The molecular formula is C69H46. The average molecular weight is 875 g/mol. The topological polar surface area (TPSA) is 0 Å². The molecule has 0 unspecified atom stereocenters. The number of hydrogen-bond donors (Lipinski definition) is 0. The van der Waals surface area contributed by atoms with Gasteiger partial charge in [0.1, 0.15) is 0 Å². The maximum Gasteiger partial charge on any atom is 0.0159 e. The summed E-state index contributed by atoms with van der Waals surface area (Å²) in [6.45, 7) is 4.75. The zero-order valence-electron chi connectivity index (χ0n) is 38.6. The third-order valence-electron chi connectivity index (χ3n) is 15.5. The average Bonchev–Trinajstić information content (AvgIpc) is 3.64. The molecule has 0 saturated heterocycles. The SMILES string of the molecule is CC1(C)c2ccccc2-c2ccc(-c3c4ccccc4c(-c4ccc(-c5ccc(-c6c7ccccc7c(-c7ccccc7)c7ccccc67)c6ccccc56)c5ccccc45)c4ccccc34)cc21. The number of benzene rings is 13. The quantitative estimate of drug-likeness (QED) is 0.151. The Labute approximate surface area is 402 Å². The molecule has 322 valence electrons. The highest BCUT2D eigenvalue weighted by Crippen LogP contribution is 2.53. The van der Waals surface area contributed by atoms with E-state index in [1.54, 1.807) is 0 Å². The second kappa shape index (κ2) is 15.2. The van der Waals surface area contributed by atoms with Gasteiger partial charge in [-0.3, -0.25) is 0 Å². The van der Waals surface area contributed by atoms with Crippen molar-refractivity contribution < 1.29 is 0 Å². The van der Waals surface area contributed by atoms with Crippen molar-refractivity contribution in [1.82, 2.24) is 0 Å². The van der Waals surface area contributed by atoms with Crippen LogP contribution in [0.5, 0.6) is 0 Å². The summed E-state index contributed by atoms with van der Waals surface area (Å²) in [7, 11) is 0. The first-order valence-corrected chi connectivity index (χ1v) is 24.3. The van der Waals surface area contributed by atoms with Crippen molar-refractivity contribution in [2.45, 2.75) is 19.3 Å². The third-order valence-corrected chi connectivity index (χ3v) is 15.5. The Hall–Kier alpha value is -8.58. The van der Waals surface area contributed by atoms with Crippen LogP contribution in [0.4, 0.5) is 0 Å². The summed E-state index contributed by atoms with van der Waals surface area (Å²) in [5, 5.41) is 15.1. The van der Waals surface area contributed by atoms with Crippen LogP contribution in [0, 0.1) is 0 Å². The molecule has 0 bridgehead atoms. The second-order valence-electron chi connectivity index (χ2n) is 19.4. The van der Waals surface area contributed by atoms with Gasteiger partial charge in [-0.15, -0.1) is 0 Å². The van der Waals surface area contributed by atoms with E-state index in [0.717, 1.165) is 0 Å². The standard InChI is InChI=1S/C69H46/c1-69(2)63-35-19-18-26-51(63)52-37-36-44(42-64(52)69)66-55-29-12-16-33-59(55)68(60-34-17-13-30-56(60)66)62-41-39-50(46-23-7-9-25-48(46)62)49-38-40-61(47-24-8-6-22-45(47)49)67-57-31-14-10-27-53(57)65(43-20-4-3-5-21-43)54-28-11-15-32-58(54)67/h3-42H,1-2H3. The summed E-state index contributed by atoms with van der Waals surface area (Å²) in [5.41, 5.74) is 18.0. The highest BCUT2D eigenvalue weighted by atomic mass is 14.4. The summed E-state index contributed by atoms with van der Waals surface area (Å²) in [4.78, 5) is 0. The Morgan fingerprint density at radius 3 is 0.957 bits per heavy atom. The van der Waals surface area contributed by atoms with Gasteiger partial charge < -0.3 is 0 Å². The Balaban J connectivity index is 0.969. The van der Waals surface area contributed by atoms with Gasteiger partial charge in [0.2, 0.25) is 0 Å². The lowest BCUT2D eigenvalue weighted by Gasteiger charge is -2.23. The molecule has 0 heteroatoms. The molecule has 0 amide bonds. The molecule has 1 aliphatic carbocycles. The van der Waals surface area contributed by atoms with Crippen LogP contribution < -0.4 is 0 Å². The maximum atomic E-state index is 2.48. The van der Waals surface area contributed by atoms with Crippen molar-refractivity contribution in [1.29, 1.82) is 0 Å². The fraction of sp³-hybridized carbons (Fsp3) is 0.0435. The predicted molar refractivity (Wildman–Crippen MR) is 296 cm³/mol. The van der Waals surface area contributed by atoms with Crippen molar-refractivity contribution in [3.05, 3.63) is 254 Å². The van der Waals surface area contributed by atoms with E-state index >= 15 is 0 Å². The van der Waals surface area contributed by atoms with E-state index in [0.29, 0.717) is 0 Å². The van der Waals surface area contributed by atoms with Crippen molar-refractivity contribution in [3.63, 3.8) is 0 Å². The minimum atomic E-state index is -0.0866. The van der Waals surface area contributed by atoms with E-state index in [4.69, 9.17) is 0 Å². The van der Waals surface area contributed by atoms with Crippen LogP contribution in [0.15, 0.2) is 243 Å². The minimum absolute atomic E-state index is 0.0866. The molecule has 13 aromatic rings. The van der Waals surface area contributed by atoms with Crippen molar-refractivity contribution in [2.75, 3.05) is 0 Å². The van der Waals surface area contributed by atoms with Crippen LogP contribution in [0.25, 0.3) is 131 Å². The molecule has 0 N–H and O–H groups in total. The normalized spacial score (nSPS) is 12.9. The first-order valence-electron chi connectivity index (χ1n) is 24.3. The molecule has 0 nitrogen and oxygen atoms in total. The van der Waals surface area contributed by atoms with Crippen LogP contribution in [-0.2, 0) is 5.41 Å². The van der Waals surface area contributed by atoms with Gasteiger partial charge in [-0.25, -0.2) is 0 Å². The van der Waals surface area contributed by atoms with E-state index < -0.39 is 0 Å². The molecule has 14 rings (SSSR count). The van der Waals surface area contributed by atoms with Gasteiger partial charge in [0.25, 0.3) is 0 Å². The minimum Gasteiger partial charge on any atom is -0.0622 e. The largest absolute Gasteiger partial charge is 0.0622 e. The molecule has 69 heavy (non-hydrogen) atoms. The molecule has 0 saturated carbocycles. The van der Waals surface area contributed by atoms with E-state index in [-0.39, 0.29) is 5.41 Å².